The first-order chi connectivity index (χ1) is 29.5. The van der Waals surface area contributed by atoms with Gasteiger partial charge in [-0.3, -0.25) is 14.4 Å². The highest BCUT2D eigenvalue weighted by atomic mass is 16.6. The van der Waals surface area contributed by atoms with Gasteiger partial charge < -0.3 is 14.2 Å². The molecule has 346 valence electrons. The zero-order chi connectivity index (χ0) is 43.7. The molecule has 0 bridgehead atoms. The van der Waals surface area contributed by atoms with E-state index in [1.807, 2.05) is 0 Å². The van der Waals surface area contributed by atoms with E-state index in [-0.39, 0.29) is 31.1 Å². The Kier molecular flexibility index (Phi) is 46.4. The Bertz CT molecular complexity index is 1100. The summed E-state index contributed by atoms with van der Waals surface area (Å²) in [6.07, 6.45) is 59.2. The number of allylic oxidation sites excluding steroid dienone is 10. The van der Waals surface area contributed by atoms with Gasteiger partial charge >= 0.3 is 17.9 Å². The Morgan fingerprint density at radius 2 is 0.700 bits per heavy atom. The van der Waals surface area contributed by atoms with E-state index in [1.165, 1.54) is 116 Å². The highest BCUT2D eigenvalue weighted by molar-refractivity contribution is 5.71. The summed E-state index contributed by atoms with van der Waals surface area (Å²) >= 11 is 0. The third-order valence-electron chi connectivity index (χ3n) is 10.8. The van der Waals surface area contributed by atoms with Crippen LogP contribution in [0, 0.1) is 0 Å². The first kappa shape index (κ1) is 57.1. The lowest BCUT2D eigenvalue weighted by Gasteiger charge is -2.18. The molecule has 0 aliphatic heterocycles. The normalized spacial score (nSPS) is 12.5. The summed E-state index contributed by atoms with van der Waals surface area (Å²) in [5.74, 6) is -0.909. The van der Waals surface area contributed by atoms with Crippen LogP contribution in [-0.2, 0) is 28.6 Å². The largest absolute Gasteiger partial charge is 0.462 e. The third-order valence-corrected chi connectivity index (χ3v) is 10.8. The van der Waals surface area contributed by atoms with Crippen LogP contribution in [0.5, 0.6) is 0 Å². The average Bonchev–Trinajstić information content (AvgIpc) is 3.24. The molecule has 1 atom stereocenters. The number of carbonyl (C=O) groups is 3. The second-order valence-corrected chi connectivity index (χ2v) is 16.7. The number of carbonyl (C=O) groups excluding carboxylic acids is 3. The molecule has 6 heteroatoms. The van der Waals surface area contributed by atoms with Crippen LogP contribution in [-0.4, -0.2) is 37.2 Å². The van der Waals surface area contributed by atoms with Gasteiger partial charge in [0.05, 0.1) is 0 Å². The molecular formula is C54H94O6. The summed E-state index contributed by atoms with van der Waals surface area (Å²) in [6, 6.07) is 0. The molecule has 0 amide bonds. The van der Waals surface area contributed by atoms with Gasteiger partial charge in [-0.25, -0.2) is 0 Å². The SMILES string of the molecule is CC/C=C\C/C=C\C/C=C\CCCCCCC(=O)OC(COC(=O)CCCCCCCCCCC)COC(=O)CCCCCCCCCCCC/C=C\C=C/CCCCC. The Morgan fingerprint density at radius 3 is 1.15 bits per heavy atom. The van der Waals surface area contributed by atoms with Crippen molar-refractivity contribution in [1.29, 1.82) is 0 Å². The van der Waals surface area contributed by atoms with Gasteiger partial charge in [-0.1, -0.05) is 210 Å². The fourth-order valence-electron chi connectivity index (χ4n) is 6.98. The Morgan fingerprint density at radius 1 is 0.367 bits per heavy atom. The quantitative estimate of drug-likeness (QED) is 0.0200. The van der Waals surface area contributed by atoms with Gasteiger partial charge in [0.1, 0.15) is 13.2 Å². The Balaban J connectivity index is 4.33. The predicted octanol–water partition coefficient (Wildman–Crippen LogP) is 16.5. The van der Waals surface area contributed by atoms with Crippen LogP contribution in [0.15, 0.2) is 60.8 Å². The molecule has 0 N–H and O–H groups in total. The van der Waals surface area contributed by atoms with E-state index in [0.29, 0.717) is 19.3 Å². The molecule has 0 aromatic carbocycles. The molecule has 0 heterocycles. The lowest BCUT2D eigenvalue weighted by molar-refractivity contribution is -0.167. The van der Waals surface area contributed by atoms with Crippen LogP contribution >= 0.6 is 0 Å². The van der Waals surface area contributed by atoms with E-state index in [4.69, 9.17) is 14.2 Å². The Hall–Kier alpha value is -2.89. The van der Waals surface area contributed by atoms with Crippen molar-refractivity contribution in [1.82, 2.24) is 0 Å². The van der Waals surface area contributed by atoms with E-state index in [1.54, 1.807) is 0 Å². The van der Waals surface area contributed by atoms with Gasteiger partial charge in [-0.05, 0) is 77.0 Å². The fraction of sp³-hybridized carbons (Fsp3) is 0.759. The maximum atomic E-state index is 12.7. The molecule has 0 spiro atoms. The summed E-state index contributed by atoms with van der Waals surface area (Å²) in [4.78, 5) is 37.8. The van der Waals surface area contributed by atoms with Crippen molar-refractivity contribution in [3.63, 3.8) is 0 Å². The second kappa shape index (κ2) is 48.8. The third kappa shape index (κ3) is 46.2. The van der Waals surface area contributed by atoms with E-state index >= 15 is 0 Å². The predicted molar refractivity (Wildman–Crippen MR) is 256 cm³/mol. The number of esters is 3. The van der Waals surface area contributed by atoms with Crippen LogP contribution in [0.2, 0.25) is 0 Å². The van der Waals surface area contributed by atoms with Crippen LogP contribution in [0.1, 0.15) is 245 Å². The second-order valence-electron chi connectivity index (χ2n) is 16.7. The number of hydrogen-bond acceptors (Lipinski definition) is 6. The smallest absolute Gasteiger partial charge is 0.306 e. The van der Waals surface area contributed by atoms with E-state index in [2.05, 4.69) is 81.5 Å². The molecule has 6 nitrogen and oxygen atoms in total. The molecule has 1 unspecified atom stereocenters. The van der Waals surface area contributed by atoms with Gasteiger partial charge in [0.15, 0.2) is 6.10 Å². The average molecular weight is 839 g/mol. The zero-order valence-electron chi connectivity index (χ0n) is 39.5. The van der Waals surface area contributed by atoms with Gasteiger partial charge in [0, 0.05) is 19.3 Å². The molecule has 60 heavy (non-hydrogen) atoms. The number of unbranched alkanes of at least 4 members (excludes halogenated alkanes) is 25. The lowest BCUT2D eigenvalue weighted by atomic mass is 10.1. The Labute approximate surface area is 370 Å². The number of rotatable bonds is 45. The summed E-state index contributed by atoms with van der Waals surface area (Å²) in [5, 5.41) is 0. The summed E-state index contributed by atoms with van der Waals surface area (Å²) in [6.45, 7) is 6.46. The topological polar surface area (TPSA) is 78.9 Å². The minimum absolute atomic E-state index is 0.0832. The summed E-state index contributed by atoms with van der Waals surface area (Å²) in [5.41, 5.74) is 0. The van der Waals surface area contributed by atoms with Crippen LogP contribution in [0.3, 0.4) is 0 Å². The monoisotopic (exact) mass is 839 g/mol. The van der Waals surface area contributed by atoms with E-state index < -0.39 is 6.10 Å². The van der Waals surface area contributed by atoms with Gasteiger partial charge in [0.25, 0.3) is 0 Å². The van der Waals surface area contributed by atoms with Crippen molar-refractivity contribution in [3.8, 4) is 0 Å². The van der Waals surface area contributed by atoms with Gasteiger partial charge in [0.2, 0.25) is 0 Å². The highest BCUT2D eigenvalue weighted by Crippen LogP contribution is 2.15. The van der Waals surface area contributed by atoms with Crippen LogP contribution in [0.25, 0.3) is 0 Å². The first-order valence-corrected chi connectivity index (χ1v) is 25.3. The number of ether oxygens (including phenoxy) is 3. The lowest BCUT2D eigenvalue weighted by Crippen LogP contribution is -2.30. The van der Waals surface area contributed by atoms with Crippen LogP contribution in [0.4, 0.5) is 0 Å². The molecule has 0 saturated carbocycles. The standard InChI is InChI=1S/C54H94O6/c1-4-7-10-13-16-19-21-23-25-26-27-28-29-31-32-35-38-41-44-47-53(56)59-50-51(49-58-52(55)46-43-40-37-34-18-15-12-9-6-3)60-54(57)48-45-42-39-36-33-30-24-22-20-17-14-11-8-5-2/h8,11,16-17,19-21,23-24,30,51H,4-7,9-10,12-15,18,22,25-29,31-50H2,1-3H3/b11-8-,19-16-,20-17-,23-21-,30-24-. The van der Waals surface area contributed by atoms with Crippen molar-refractivity contribution < 1.29 is 28.6 Å². The molecule has 0 aromatic heterocycles. The zero-order valence-corrected chi connectivity index (χ0v) is 39.5. The van der Waals surface area contributed by atoms with Crippen molar-refractivity contribution >= 4 is 17.9 Å². The van der Waals surface area contributed by atoms with Crippen molar-refractivity contribution in [2.24, 2.45) is 0 Å². The molecule has 0 aliphatic rings. The molecule has 0 aromatic rings. The van der Waals surface area contributed by atoms with Crippen molar-refractivity contribution in [3.05, 3.63) is 60.8 Å². The fourth-order valence-corrected chi connectivity index (χ4v) is 6.98. The molecule has 0 radical (unpaired) electrons. The number of hydrogen-bond donors (Lipinski definition) is 0. The molecule has 0 rings (SSSR count). The highest BCUT2D eigenvalue weighted by Gasteiger charge is 2.19. The van der Waals surface area contributed by atoms with Crippen molar-refractivity contribution in [2.75, 3.05) is 13.2 Å². The van der Waals surface area contributed by atoms with E-state index in [9.17, 15) is 14.4 Å². The maximum absolute atomic E-state index is 12.7. The van der Waals surface area contributed by atoms with Crippen molar-refractivity contribution in [2.45, 2.75) is 252 Å². The first-order valence-electron chi connectivity index (χ1n) is 25.3. The van der Waals surface area contributed by atoms with Gasteiger partial charge in [-0.15, -0.1) is 0 Å². The summed E-state index contributed by atoms with van der Waals surface area (Å²) in [7, 11) is 0. The summed E-state index contributed by atoms with van der Waals surface area (Å²) < 4.78 is 16.7. The van der Waals surface area contributed by atoms with Gasteiger partial charge in [-0.2, -0.15) is 0 Å². The molecular weight excluding hydrogens is 745 g/mol. The minimum atomic E-state index is -0.783. The maximum Gasteiger partial charge on any atom is 0.306 e. The van der Waals surface area contributed by atoms with Crippen LogP contribution < -0.4 is 0 Å². The molecule has 0 fully saturated rings. The minimum Gasteiger partial charge on any atom is -0.462 e. The molecule has 0 saturated heterocycles. The molecule has 0 aliphatic carbocycles. The van der Waals surface area contributed by atoms with E-state index in [0.717, 1.165) is 89.9 Å².